The van der Waals surface area contributed by atoms with Crippen LogP contribution in [0.4, 0.5) is 26.3 Å². The number of likely N-dealkylation sites (tertiary alicyclic amines) is 1. The first-order valence-corrected chi connectivity index (χ1v) is 11.1. The molecule has 2 aliphatic heterocycles. The second-order valence-electron chi connectivity index (χ2n) is 8.78. The van der Waals surface area contributed by atoms with E-state index in [-0.39, 0.29) is 0 Å². The topological polar surface area (TPSA) is 116 Å². The highest BCUT2D eigenvalue weighted by molar-refractivity contribution is 5.73. The van der Waals surface area contributed by atoms with Crippen LogP contribution in [0.25, 0.3) is 0 Å². The zero-order valence-corrected chi connectivity index (χ0v) is 19.4. The molecule has 0 aromatic carbocycles. The number of ether oxygens (including phenoxy) is 1. The molecule has 3 atom stereocenters. The lowest BCUT2D eigenvalue weighted by Gasteiger charge is -2.34. The van der Waals surface area contributed by atoms with Gasteiger partial charge in [-0.2, -0.15) is 26.3 Å². The van der Waals surface area contributed by atoms with E-state index in [1.165, 1.54) is 37.8 Å². The normalized spacial score (nSPS) is 24.2. The number of hydrogen-bond donors (Lipinski definition) is 2. The maximum absolute atomic E-state index is 10.6. The largest absolute Gasteiger partial charge is 0.490 e. The van der Waals surface area contributed by atoms with E-state index in [1.807, 2.05) is 12.4 Å². The van der Waals surface area contributed by atoms with Crippen LogP contribution < -0.4 is 0 Å². The lowest BCUT2D eigenvalue weighted by molar-refractivity contribution is -0.193. The zero-order chi connectivity index (χ0) is 27.1. The Morgan fingerprint density at radius 3 is 2.06 bits per heavy atom. The van der Waals surface area contributed by atoms with Crippen LogP contribution in [0.1, 0.15) is 31.2 Å². The van der Waals surface area contributed by atoms with Gasteiger partial charge in [-0.1, -0.05) is 0 Å². The maximum Gasteiger partial charge on any atom is 0.490 e. The van der Waals surface area contributed by atoms with Gasteiger partial charge in [0.25, 0.3) is 0 Å². The van der Waals surface area contributed by atoms with Gasteiger partial charge in [0.05, 0.1) is 12.1 Å². The average Bonchev–Trinajstić information content (AvgIpc) is 3.53. The average molecular weight is 530 g/mol. The van der Waals surface area contributed by atoms with E-state index in [0.717, 1.165) is 25.6 Å². The third kappa shape index (κ3) is 9.50. The summed E-state index contributed by atoms with van der Waals surface area (Å²) in [6.45, 7) is 4.26. The summed E-state index contributed by atoms with van der Waals surface area (Å²) in [5.74, 6) is -4.56. The molecule has 3 fully saturated rings. The number of carboxylic acids is 2. The Hall–Kier alpha value is -2.52. The van der Waals surface area contributed by atoms with E-state index in [2.05, 4.69) is 26.8 Å². The third-order valence-electron chi connectivity index (χ3n) is 5.89. The second-order valence-corrected chi connectivity index (χ2v) is 8.78. The van der Waals surface area contributed by atoms with E-state index < -0.39 is 24.3 Å². The van der Waals surface area contributed by atoms with Gasteiger partial charge in [0, 0.05) is 50.2 Å². The smallest absolute Gasteiger partial charge is 0.475 e. The Kier molecular flexibility index (Phi) is 10.4. The molecule has 2 saturated heterocycles. The number of aliphatic carboxylic acids is 2. The first-order valence-electron chi connectivity index (χ1n) is 11.1. The molecule has 0 amide bonds. The number of alkyl halides is 6. The van der Waals surface area contributed by atoms with Crippen LogP contribution in [-0.4, -0.2) is 99.2 Å². The fourth-order valence-electron chi connectivity index (χ4n) is 4.07. The highest BCUT2D eigenvalue weighted by Crippen LogP contribution is 2.36. The molecule has 1 aromatic heterocycles. The summed E-state index contributed by atoms with van der Waals surface area (Å²) in [6.07, 6.45) is 1.01. The Morgan fingerprint density at radius 1 is 1.06 bits per heavy atom. The summed E-state index contributed by atoms with van der Waals surface area (Å²) in [6, 6.07) is 1.12. The molecule has 36 heavy (non-hydrogen) atoms. The van der Waals surface area contributed by atoms with Crippen LogP contribution in [0.5, 0.6) is 0 Å². The summed E-state index contributed by atoms with van der Waals surface area (Å²) in [4.78, 5) is 31.2. The molecule has 3 heterocycles. The van der Waals surface area contributed by atoms with Crippen LogP contribution >= 0.6 is 0 Å². The lowest BCUT2D eigenvalue weighted by Crippen LogP contribution is -2.46. The fraction of sp³-hybridized carbons (Fsp3) is 0.714. The molecule has 1 aromatic rings. The summed E-state index contributed by atoms with van der Waals surface area (Å²) in [7, 11) is 2.22. The van der Waals surface area contributed by atoms with E-state index in [9.17, 15) is 26.3 Å². The highest BCUT2D eigenvalue weighted by Gasteiger charge is 2.46. The molecule has 0 bridgehead atoms. The van der Waals surface area contributed by atoms with Gasteiger partial charge in [-0.3, -0.25) is 9.80 Å². The van der Waals surface area contributed by atoms with Crippen molar-refractivity contribution in [2.45, 2.75) is 62.8 Å². The lowest BCUT2D eigenvalue weighted by atomic mass is 10.00. The number of carbonyl (C=O) groups is 2. The zero-order valence-electron chi connectivity index (χ0n) is 19.4. The van der Waals surface area contributed by atoms with Crippen molar-refractivity contribution >= 4 is 11.9 Å². The van der Waals surface area contributed by atoms with Crippen LogP contribution in [0, 0.1) is 5.92 Å². The van der Waals surface area contributed by atoms with Crippen molar-refractivity contribution in [3.63, 3.8) is 0 Å². The van der Waals surface area contributed by atoms with E-state index in [4.69, 9.17) is 24.5 Å². The van der Waals surface area contributed by atoms with Gasteiger partial charge in [-0.15, -0.1) is 0 Å². The standard InChI is InChI=1S/C17H26N4O.2C2HF3O2/c1-20(9-14-7-18-12-19-8-14)16-11-21(10-13-4-5-13)15-3-2-6-22-17(15)16;2*3-2(4,5)1(6)7/h7-8,12-13,15-17H,2-6,9-11H2,1H3;2*(H,6,7)/t15-,16+,17+;;/m1../s1. The number of fused-ring (bicyclic) bond motifs is 1. The van der Waals surface area contributed by atoms with Crippen molar-refractivity contribution in [1.82, 2.24) is 19.8 Å². The molecule has 0 radical (unpaired) electrons. The van der Waals surface area contributed by atoms with Gasteiger partial charge in [0.15, 0.2) is 0 Å². The Balaban J connectivity index is 0.000000271. The van der Waals surface area contributed by atoms with E-state index >= 15 is 0 Å². The third-order valence-corrected chi connectivity index (χ3v) is 5.89. The Morgan fingerprint density at radius 2 is 1.58 bits per heavy atom. The predicted octanol–water partition coefficient (Wildman–Crippen LogP) is 2.82. The quantitative estimate of drug-likeness (QED) is 0.555. The molecular weight excluding hydrogens is 502 g/mol. The second kappa shape index (κ2) is 12.6. The minimum Gasteiger partial charge on any atom is -0.475 e. The maximum atomic E-state index is 10.6. The molecule has 0 spiro atoms. The predicted molar refractivity (Wildman–Crippen MR) is 112 cm³/mol. The summed E-state index contributed by atoms with van der Waals surface area (Å²) < 4.78 is 69.7. The van der Waals surface area contributed by atoms with Gasteiger partial charge in [-0.05, 0) is 38.6 Å². The van der Waals surface area contributed by atoms with Crippen molar-refractivity contribution in [3.05, 3.63) is 24.3 Å². The number of rotatable bonds is 5. The van der Waals surface area contributed by atoms with Crippen LogP contribution in [-0.2, 0) is 20.9 Å². The van der Waals surface area contributed by atoms with Crippen LogP contribution in [0.2, 0.25) is 0 Å². The molecule has 2 N–H and O–H groups in total. The molecule has 204 valence electrons. The minimum atomic E-state index is -5.08. The van der Waals surface area contributed by atoms with Gasteiger partial charge < -0.3 is 14.9 Å². The molecule has 9 nitrogen and oxygen atoms in total. The molecular formula is C21H28F6N4O5. The van der Waals surface area contributed by atoms with Crippen molar-refractivity contribution < 1.29 is 50.9 Å². The van der Waals surface area contributed by atoms with E-state index in [0.29, 0.717) is 18.2 Å². The summed E-state index contributed by atoms with van der Waals surface area (Å²) >= 11 is 0. The number of carboxylic acid groups (broad SMARTS) is 2. The van der Waals surface area contributed by atoms with Crippen LogP contribution in [0.3, 0.4) is 0 Å². The first kappa shape index (κ1) is 29.7. The Bertz CT molecular complexity index is 829. The van der Waals surface area contributed by atoms with Crippen molar-refractivity contribution in [1.29, 1.82) is 0 Å². The highest BCUT2D eigenvalue weighted by atomic mass is 19.4. The van der Waals surface area contributed by atoms with Gasteiger partial charge >= 0.3 is 24.3 Å². The molecule has 1 aliphatic carbocycles. The summed E-state index contributed by atoms with van der Waals surface area (Å²) in [5, 5.41) is 14.2. The summed E-state index contributed by atoms with van der Waals surface area (Å²) in [5.41, 5.74) is 1.18. The van der Waals surface area contributed by atoms with Gasteiger partial charge in [0.1, 0.15) is 6.33 Å². The Labute approximate surface area is 203 Å². The van der Waals surface area contributed by atoms with Crippen molar-refractivity contribution in [2.24, 2.45) is 5.92 Å². The molecule has 0 unspecified atom stereocenters. The number of likely N-dealkylation sites (N-methyl/N-ethyl adjacent to an activating group) is 1. The number of hydrogen-bond acceptors (Lipinski definition) is 7. The van der Waals surface area contributed by atoms with E-state index in [1.54, 1.807) is 6.33 Å². The van der Waals surface area contributed by atoms with Gasteiger partial charge in [-0.25, -0.2) is 19.6 Å². The monoisotopic (exact) mass is 530 g/mol. The number of aromatic nitrogens is 2. The SMILES string of the molecule is CN(Cc1cncnc1)[C@H]1CN(CC2CC2)[C@@H]2CCCO[C@@H]21.O=C(O)C(F)(F)F.O=C(O)C(F)(F)F. The van der Waals surface area contributed by atoms with Crippen molar-refractivity contribution in [2.75, 3.05) is 26.7 Å². The molecule has 4 rings (SSSR count). The molecule has 15 heteroatoms. The number of nitrogens with zero attached hydrogens (tertiary/aromatic N) is 4. The first-order chi connectivity index (χ1) is 16.7. The minimum absolute atomic E-state index is 0.377. The molecule has 1 saturated carbocycles. The van der Waals surface area contributed by atoms with Gasteiger partial charge in [0.2, 0.25) is 0 Å². The van der Waals surface area contributed by atoms with Crippen LogP contribution in [0.15, 0.2) is 18.7 Å². The fourth-order valence-corrected chi connectivity index (χ4v) is 4.07. The number of halogens is 6. The molecule has 3 aliphatic rings. The van der Waals surface area contributed by atoms with Crippen molar-refractivity contribution in [3.8, 4) is 0 Å².